The molecule has 4 N–H and O–H groups in total. The number of carboxylic acid groups (broad SMARTS) is 1. The maximum Gasteiger partial charge on any atom is 0.337 e. The number of nitrogens with two attached hydrogens (primary N) is 1. The van der Waals surface area contributed by atoms with Gasteiger partial charge < -0.3 is 21.1 Å². The van der Waals surface area contributed by atoms with Crippen molar-refractivity contribution in [3.63, 3.8) is 0 Å². The Morgan fingerprint density at radius 2 is 2.15 bits per heavy atom. The number of carbonyl (C=O) groups excluding carboxylic acids is 1. The largest absolute Gasteiger partial charge is 0.478 e. The number of hydrogen-bond donors (Lipinski definition) is 3. The van der Waals surface area contributed by atoms with Gasteiger partial charge in [0.05, 0.1) is 11.3 Å². The van der Waals surface area contributed by atoms with E-state index in [1.54, 1.807) is 19.2 Å². The van der Waals surface area contributed by atoms with Gasteiger partial charge in [-0.25, -0.2) is 4.79 Å². The number of nitrogen functional groups attached to an aromatic ring is 1. The van der Waals surface area contributed by atoms with Gasteiger partial charge >= 0.3 is 5.97 Å². The molecule has 108 valence electrons. The average molecular weight is 277 g/mol. The van der Waals surface area contributed by atoms with Crippen LogP contribution >= 0.6 is 0 Å². The Hall–Kier alpha value is -2.24. The number of carbonyl (C=O) groups is 2. The second-order valence-corrected chi connectivity index (χ2v) is 4.90. The maximum absolute atomic E-state index is 12.0. The highest BCUT2D eigenvalue weighted by molar-refractivity contribution is 5.97. The van der Waals surface area contributed by atoms with Crippen molar-refractivity contribution in [1.82, 2.24) is 5.32 Å². The zero-order chi connectivity index (χ0) is 14.7. The fraction of sp³-hybridized carbons (Fsp3) is 0.429. The summed E-state index contributed by atoms with van der Waals surface area (Å²) in [5.41, 5.74) is 6.75. The fourth-order valence-corrected chi connectivity index (χ4v) is 2.63. The number of amides is 1. The smallest absolute Gasteiger partial charge is 0.337 e. The summed E-state index contributed by atoms with van der Waals surface area (Å²) in [5, 5.41) is 12.0. The van der Waals surface area contributed by atoms with Gasteiger partial charge in [0, 0.05) is 19.3 Å². The predicted octanol–water partition coefficient (Wildman–Crippen LogP) is 1.07. The summed E-state index contributed by atoms with van der Waals surface area (Å²) >= 11 is 0. The van der Waals surface area contributed by atoms with Crippen LogP contribution < -0.4 is 16.0 Å². The quantitative estimate of drug-likeness (QED) is 0.718. The molecule has 1 fully saturated rings. The first-order valence-electron chi connectivity index (χ1n) is 6.65. The molecule has 1 aromatic rings. The van der Waals surface area contributed by atoms with E-state index in [0.717, 1.165) is 19.3 Å². The molecule has 2 rings (SSSR count). The van der Waals surface area contributed by atoms with Gasteiger partial charge in [-0.2, -0.15) is 0 Å². The molecule has 0 spiro atoms. The van der Waals surface area contributed by atoms with Gasteiger partial charge in [-0.15, -0.1) is 0 Å². The van der Waals surface area contributed by atoms with E-state index in [4.69, 9.17) is 5.73 Å². The Morgan fingerprint density at radius 1 is 1.40 bits per heavy atom. The van der Waals surface area contributed by atoms with Crippen LogP contribution in [0.3, 0.4) is 0 Å². The highest BCUT2D eigenvalue weighted by Crippen LogP contribution is 2.29. The summed E-state index contributed by atoms with van der Waals surface area (Å²) in [4.78, 5) is 25.2. The molecule has 1 heterocycles. The van der Waals surface area contributed by atoms with E-state index in [0.29, 0.717) is 17.9 Å². The molecule has 0 aromatic heterocycles. The minimum atomic E-state index is -1.03. The lowest BCUT2D eigenvalue weighted by molar-refractivity contribution is -0.122. The molecule has 1 atom stereocenters. The summed E-state index contributed by atoms with van der Waals surface area (Å²) in [7, 11) is 1.59. The minimum Gasteiger partial charge on any atom is -0.478 e. The number of nitrogens with zero attached hydrogens (tertiary/aromatic N) is 1. The van der Waals surface area contributed by atoms with Crippen LogP contribution in [-0.4, -0.2) is 36.6 Å². The lowest BCUT2D eigenvalue weighted by atomic mass is 9.99. The number of carboxylic acids is 1. The van der Waals surface area contributed by atoms with Crippen LogP contribution in [0.15, 0.2) is 18.2 Å². The second kappa shape index (κ2) is 5.81. The molecule has 20 heavy (non-hydrogen) atoms. The first kappa shape index (κ1) is 14.2. The lowest BCUT2D eigenvalue weighted by Gasteiger charge is -2.37. The molecule has 1 aliphatic rings. The van der Waals surface area contributed by atoms with Crippen LogP contribution in [0.4, 0.5) is 11.4 Å². The zero-order valence-corrected chi connectivity index (χ0v) is 11.4. The van der Waals surface area contributed by atoms with Gasteiger partial charge in [-0.3, -0.25) is 4.79 Å². The van der Waals surface area contributed by atoms with E-state index < -0.39 is 5.97 Å². The van der Waals surface area contributed by atoms with E-state index in [9.17, 15) is 14.7 Å². The highest BCUT2D eigenvalue weighted by atomic mass is 16.4. The number of nitrogens with one attached hydrogen (secondary N) is 1. The fourth-order valence-electron chi connectivity index (χ4n) is 2.63. The predicted molar refractivity (Wildman–Crippen MR) is 76.9 cm³/mol. The molecule has 0 saturated carbocycles. The van der Waals surface area contributed by atoms with Crippen molar-refractivity contribution < 1.29 is 14.7 Å². The molecule has 6 heteroatoms. The molecule has 1 amide bonds. The summed E-state index contributed by atoms with van der Waals surface area (Å²) in [6, 6.07) is 4.46. The minimum absolute atomic E-state index is 0.0853. The standard InChI is InChI=1S/C14H19N3O3/c1-16-13(18)12-4-2-3-7-17(12)11-6-5-9(15)8-10(11)14(19)20/h5-6,8,12H,2-4,7,15H2,1H3,(H,16,18)(H,19,20). The Bertz CT molecular complexity index is 530. The number of hydrogen-bond acceptors (Lipinski definition) is 4. The number of benzene rings is 1. The molecule has 1 aromatic carbocycles. The molecule has 0 bridgehead atoms. The van der Waals surface area contributed by atoms with Crippen LogP contribution in [0.2, 0.25) is 0 Å². The normalized spacial score (nSPS) is 18.6. The van der Waals surface area contributed by atoms with E-state index in [2.05, 4.69) is 5.32 Å². The SMILES string of the molecule is CNC(=O)C1CCCCN1c1ccc(N)cc1C(=O)O. The first-order chi connectivity index (χ1) is 9.54. The lowest BCUT2D eigenvalue weighted by Crippen LogP contribution is -2.49. The number of aromatic carboxylic acids is 1. The van der Waals surface area contributed by atoms with E-state index in [-0.39, 0.29) is 17.5 Å². The molecule has 1 saturated heterocycles. The summed E-state index contributed by atoms with van der Waals surface area (Å²) in [6.45, 7) is 0.669. The third-order valence-electron chi connectivity index (χ3n) is 3.61. The van der Waals surface area contributed by atoms with Crippen molar-refractivity contribution in [3.05, 3.63) is 23.8 Å². The number of piperidine rings is 1. The summed E-state index contributed by atoms with van der Waals surface area (Å²) in [6.07, 6.45) is 2.63. The number of rotatable bonds is 3. The van der Waals surface area contributed by atoms with Crippen LogP contribution in [0.25, 0.3) is 0 Å². The summed E-state index contributed by atoms with van der Waals surface area (Å²) in [5.74, 6) is -1.12. The number of anilines is 2. The van der Waals surface area contributed by atoms with E-state index >= 15 is 0 Å². The maximum atomic E-state index is 12.0. The molecule has 1 unspecified atom stereocenters. The molecular weight excluding hydrogens is 258 g/mol. The van der Waals surface area contributed by atoms with Gasteiger partial charge in [-0.1, -0.05) is 0 Å². The Kier molecular flexibility index (Phi) is 4.12. The van der Waals surface area contributed by atoms with Crippen molar-refractivity contribution in [1.29, 1.82) is 0 Å². The van der Waals surface area contributed by atoms with E-state index in [1.165, 1.54) is 6.07 Å². The summed E-state index contributed by atoms with van der Waals surface area (Å²) < 4.78 is 0. The third-order valence-corrected chi connectivity index (χ3v) is 3.61. The van der Waals surface area contributed by atoms with Crippen LogP contribution in [-0.2, 0) is 4.79 Å². The zero-order valence-electron chi connectivity index (χ0n) is 11.4. The Morgan fingerprint density at radius 3 is 2.80 bits per heavy atom. The van der Waals surface area contributed by atoms with Crippen molar-refractivity contribution in [2.75, 3.05) is 24.2 Å². The topological polar surface area (TPSA) is 95.7 Å². The Balaban J connectivity index is 2.42. The highest BCUT2D eigenvalue weighted by Gasteiger charge is 2.30. The monoisotopic (exact) mass is 277 g/mol. The van der Waals surface area contributed by atoms with Crippen LogP contribution in [0.1, 0.15) is 29.6 Å². The van der Waals surface area contributed by atoms with E-state index in [1.807, 2.05) is 4.90 Å². The molecule has 0 radical (unpaired) electrons. The van der Waals surface area contributed by atoms with Crippen molar-refractivity contribution >= 4 is 23.3 Å². The van der Waals surface area contributed by atoms with Crippen molar-refractivity contribution in [2.45, 2.75) is 25.3 Å². The molecular formula is C14H19N3O3. The Labute approximate surface area is 117 Å². The second-order valence-electron chi connectivity index (χ2n) is 4.90. The third kappa shape index (κ3) is 2.68. The average Bonchev–Trinajstić information content (AvgIpc) is 2.46. The van der Waals surface area contributed by atoms with Crippen LogP contribution in [0, 0.1) is 0 Å². The first-order valence-corrected chi connectivity index (χ1v) is 6.65. The molecule has 1 aliphatic heterocycles. The van der Waals surface area contributed by atoms with Gasteiger partial charge in [0.2, 0.25) is 5.91 Å². The molecule has 0 aliphatic carbocycles. The van der Waals surface area contributed by atoms with Crippen molar-refractivity contribution in [3.8, 4) is 0 Å². The van der Waals surface area contributed by atoms with Crippen LogP contribution in [0.5, 0.6) is 0 Å². The van der Waals surface area contributed by atoms with Gasteiger partial charge in [-0.05, 0) is 37.5 Å². The molecule has 6 nitrogen and oxygen atoms in total. The number of likely N-dealkylation sites (N-methyl/N-ethyl adjacent to an activating group) is 1. The van der Waals surface area contributed by atoms with Gasteiger partial charge in [0.1, 0.15) is 6.04 Å². The van der Waals surface area contributed by atoms with Gasteiger partial charge in [0.25, 0.3) is 0 Å². The van der Waals surface area contributed by atoms with Gasteiger partial charge in [0.15, 0.2) is 0 Å². The van der Waals surface area contributed by atoms with Crippen molar-refractivity contribution in [2.24, 2.45) is 0 Å².